The SMILES string of the molecule is OC[C@H]1OC(C(c2ccccc2)c2ccccc2)[C@H](O)[C@@H](O)[C@@H]1O. The van der Waals surface area contributed by atoms with Crippen LogP contribution in [0.25, 0.3) is 0 Å². The van der Waals surface area contributed by atoms with Crippen LogP contribution in [0.5, 0.6) is 0 Å². The monoisotopic (exact) mass is 330 g/mol. The molecular formula is C19H22O5. The molecule has 128 valence electrons. The van der Waals surface area contributed by atoms with Gasteiger partial charge in [0.15, 0.2) is 0 Å². The number of hydrogen-bond acceptors (Lipinski definition) is 5. The molecule has 24 heavy (non-hydrogen) atoms. The Morgan fingerprint density at radius 2 is 1.25 bits per heavy atom. The van der Waals surface area contributed by atoms with Gasteiger partial charge in [-0.2, -0.15) is 0 Å². The summed E-state index contributed by atoms with van der Waals surface area (Å²) in [4.78, 5) is 0. The van der Waals surface area contributed by atoms with Crippen LogP contribution in [0.4, 0.5) is 0 Å². The average molecular weight is 330 g/mol. The van der Waals surface area contributed by atoms with E-state index in [1.165, 1.54) is 0 Å². The van der Waals surface area contributed by atoms with Gasteiger partial charge in [0.2, 0.25) is 0 Å². The standard InChI is InChI=1S/C19H22O5/c20-11-14-16(21)17(22)18(23)19(24-14)15(12-7-3-1-4-8-12)13-9-5-2-6-10-13/h1-10,14-23H,11H2/t14-,16-,17+,18-,19?/m1/s1. The molecule has 5 heteroatoms. The van der Waals surface area contributed by atoms with Gasteiger partial charge >= 0.3 is 0 Å². The normalized spacial score (nSPS) is 30.5. The lowest BCUT2D eigenvalue weighted by atomic mass is 9.80. The Morgan fingerprint density at radius 3 is 1.71 bits per heavy atom. The van der Waals surface area contributed by atoms with E-state index in [1.807, 2.05) is 60.7 Å². The fraction of sp³-hybridized carbons (Fsp3) is 0.368. The Morgan fingerprint density at radius 1 is 0.750 bits per heavy atom. The minimum atomic E-state index is -1.38. The summed E-state index contributed by atoms with van der Waals surface area (Å²) in [6, 6.07) is 19.1. The smallest absolute Gasteiger partial charge is 0.111 e. The van der Waals surface area contributed by atoms with E-state index in [9.17, 15) is 20.4 Å². The quantitative estimate of drug-likeness (QED) is 0.661. The summed E-state index contributed by atoms with van der Waals surface area (Å²) in [5, 5.41) is 40.0. The first kappa shape index (κ1) is 17.1. The van der Waals surface area contributed by atoms with Crippen molar-refractivity contribution in [3.63, 3.8) is 0 Å². The van der Waals surface area contributed by atoms with Crippen LogP contribution in [0.3, 0.4) is 0 Å². The zero-order valence-electron chi connectivity index (χ0n) is 13.1. The second-order valence-electron chi connectivity index (χ2n) is 6.09. The third-order valence-corrected chi connectivity index (χ3v) is 4.58. The van der Waals surface area contributed by atoms with Gasteiger partial charge in [-0.1, -0.05) is 60.7 Å². The van der Waals surface area contributed by atoms with Crippen LogP contribution in [-0.4, -0.2) is 57.6 Å². The van der Waals surface area contributed by atoms with E-state index in [-0.39, 0.29) is 5.92 Å². The van der Waals surface area contributed by atoms with Gasteiger partial charge in [0.25, 0.3) is 0 Å². The minimum absolute atomic E-state index is 0.335. The summed E-state index contributed by atoms with van der Waals surface area (Å²) < 4.78 is 5.79. The molecule has 4 N–H and O–H groups in total. The molecule has 5 atom stereocenters. The predicted octanol–water partition coefficient (Wildman–Crippen LogP) is 0.661. The van der Waals surface area contributed by atoms with Crippen LogP contribution in [0.15, 0.2) is 60.7 Å². The Bertz CT molecular complexity index is 591. The summed E-state index contributed by atoms with van der Waals surface area (Å²) in [6.07, 6.45) is -5.70. The lowest BCUT2D eigenvalue weighted by molar-refractivity contribution is -0.232. The maximum atomic E-state index is 10.5. The molecule has 3 rings (SSSR count). The maximum absolute atomic E-state index is 10.5. The molecule has 5 nitrogen and oxygen atoms in total. The van der Waals surface area contributed by atoms with Crippen molar-refractivity contribution in [1.29, 1.82) is 0 Å². The highest BCUT2D eigenvalue weighted by Gasteiger charge is 2.46. The highest BCUT2D eigenvalue weighted by atomic mass is 16.5. The Labute approximate surface area is 140 Å². The first-order chi connectivity index (χ1) is 11.6. The lowest BCUT2D eigenvalue weighted by Crippen LogP contribution is -2.60. The van der Waals surface area contributed by atoms with Crippen LogP contribution in [0, 0.1) is 0 Å². The number of aliphatic hydroxyl groups is 4. The Hall–Kier alpha value is -1.76. The molecule has 0 spiro atoms. The summed E-state index contributed by atoms with van der Waals surface area (Å²) in [5.41, 5.74) is 1.85. The number of rotatable bonds is 4. The minimum Gasteiger partial charge on any atom is -0.394 e. The van der Waals surface area contributed by atoms with Crippen LogP contribution in [0.2, 0.25) is 0 Å². The first-order valence-electron chi connectivity index (χ1n) is 8.04. The molecule has 0 aliphatic carbocycles. The molecule has 2 aromatic carbocycles. The van der Waals surface area contributed by atoms with Gasteiger partial charge in [0.05, 0.1) is 12.7 Å². The number of hydrogen-bond donors (Lipinski definition) is 4. The fourth-order valence-corrected chi connectivity index (χ4v) is 3.30. The Balaban J connectivity index is 2.02. The summed E-state index contributed by atoms with van der Waals surface area (Å²) in [7, 11) is 0. The molecule has 0 radical (unpaired) electrons. The van der Waals surface area contributed by atoms with Crippen LogP contribution in [0.1, 0.15) is 17.0 Å². The van der Waals surface area contributed by atoms with Gasteiger partial charge in [-0.3, -0.25) is 0 Å². The van der Waals surface area contributed by atoms with Gasteiger partial charge in [-0.05, 0) is 11.1 Å². The van der Waals surface area contributed by atoms with Crippen LogP contribution < -0.4 is 0 Å². The van der Waals surface area contributed by atoms with Crippen molar-refractivity contribution in [3.05, 3.63) is 71.8 Å². The van der Waals surface area contributed by atoms with Gasteiger partial charge in [0.1, 0.15) is 24.4 Å². The Kier molecular flexibility index (Phi) is 5.28. The molecule has 2 aromatic rings. The van der Waals surface area contributed by atoms with E-state index in [0.717, 1.165) is 11.1 Å². The highest BCUT2D eigenvalue weighted by molar-refractivity contribution is 5.34. The predicted molar refractivity (Wildman–Crippen MR) is 88.5 cm³/mol. The van der Waals surface area contributed by atoms with Gasteiger partial charge in [-0.15, -0.1) is 0 Å². The van der Waals surface area contributed by atoms with E-state index in [0.29, 0.717) is 0 Å². The number of aliphatic hydroxyl groups excluding tert-OH is 4. The third-order valence-electron chi connectivity index (χ3n) is 4.58. The van der Waals surface area contributed by atoms with Crippen molar-refractivity contribution in [2.24, 2.45) is 0 Å². The number of ether oxygens (including phenoxy) is 1. The first-order valence-corrected chi connectivity index (χ1v) is 8.04. The second kappa shape index (κ2) is 7.42. The zero-order valence-corrected chi connectivity index (χ0v) is 13.1. The van der Waals surface area contributed by atoms with Gasteiger partial charge in [-0.25, -0.2) is 0 Å². The number of benzene rings is 2. The van der Waals surface area contributed by atoms with Crippen LogP contribution in [-0.2, 0) is 4.74 Å². The molecule has 1 aliphatic heterocycles. The molecule has 1 aliphatic rings. The molecule has 0 amide bonds. The summed E-state index contributed by atoms with van der Waals surface area (Å²) >= 11 is 0. The summed E-state index contributed by atoms with van der Waals surface area (Å²) in [5.74, 6) is -0.335. The molecule has 1 unspecified atom stereocenters. The van der Waals surface area contributed by atoms with Crippen molar-refractivity contribution in [1.82, 2.24) is 0 Å². The molecular weight excluding hydrogens is 308 g/mol. The van der Waals surface area contributed by atoms with E-state index < -0.39 is 37.1 Å². The molecule has 1 fully saturated rings. The van der Waals surface area contributed by atoms with Crippen molar-refractivity contribution in [2.75, 3.05) is 6.61 Å². The molecule has 0 bridgehead atoms. The van der Waals surface area contributed by atoms with Gasteiger partial charge < -0.3 is 25.2 Å². The lowest BCUT2D eigenvalue weighted by Gasteiger charge is -2.43. The van der Waals surface area contributed by atoms with E-state index in [2.05, 4.69) is 0 Å². The van der Waals surface area contributed by atoms with Crippen LogP contribution >= 0.6 is 0 Å². The third kappa shape index (κ3) is 3.22. The van der Waals surface area contributed by atoms with Crippen molar-refractivity contribution < 1.29 is 25.2 Å². The van der Waals surface area contributed by atoms with Crippen molar-refractivity contribution in [3.8, 4) is 0 Å². The van der Waals surface area contributed by atoms with E-state index in [1.54, 1.807) is 0 Å². The maximum Gasteiger partial charge on any atom is 0.111 e. The molecule has 0 aromatic heterocycles. The molecule has 1 heterocycles. The molecule has 1 saturated heterocycles. The highest BCUT2D eigenvalue weighted by Crippen LogP contribution is 2.36. The van der Waals surface area contributed by atoms with E-state index >= 15 is 0 Å². The van der Waals surface area contributed by atoms with Crippen molar-refractivity contribution >= 4 is 0 Å². The zero-order chi connectivity index (χ0) is 17.1. The van der Waals surface area contributed by atoms with E-state index in [4.69, 9.17) is 4.74 Å². The largest absolute Gasteiger partial charge is 0.394 e. The second-order valence-corrected chi connectivity index (χ2v) is 6.09. The fourth-order valence-electron chi connectivity index (χ4n) is 3.30. The summed E-state index contributed by atoms with van der Waals surface area (Å²) in [6.45, 7) is -0.433. The van der Waals surface area contributed by atoms with Gasteiger partial charge in [0, 0.05) is 5.92 Å². The molecule has 0 saturated carbocycles. The average Bonchev–Trinajstić information content (AvgIpc) is 2.64. The topological polar surface area (TPSA) is 90.2 Å². The van der Waals surface area contributed by atoms with Crippen molar-refractivity contribution in [2.45, 2.75) is 36.4 Å².